The summed E-state index contributed by atoms with van der Waals surface area (Å²) in [6, 6.07) is 0.481. The Morgan fingerprint density at radius 2 is 2.36 bits per heavy atom. The molecule has 0 aliphatic carbocycles. The highest BCUT2D eigenvalue weighted by Gasteiger charge is 2.07. The van der Waals surface area contributed by atoms with E-state index in [2.05, 4.69) is 15.5 Å². The fraction of sp³-hybridized carbons (Fsp3) is 0.714. The van der Waals surface area contributed by atoms with Gasteiger partial charge < -0.3 is 15.5 Å². The van der Waals surface area contributed by atoms with Crippen LogP contribution in [0.5, 0.6) is 0 Å². The number of rotatable bonds is 5. The van der Waals surface area contributed by atoms with Gasteiger partial charge in [-0.2, -0.15) is 0 Å². The Morgan fingerprint density at radius 3 is 2.86 bits per heavy atom. The summed E-state index contributed by atoms with van der Waals surface area (Å²) in [6.07, 6.45) is 2.46. The Balaban J connectivity index is 2.33. The molecule has 0 spiro atoms. The van der Waals surface area contributed by atoms with E-state index < -0.39 is 10.8 Å². The van der Waals surface area contributed by atoms with Gasteiger partial charge in [-0.15, -0.1) is 0 Å². The van der Waals surface area contributed by atoms with Gasteiger partial charge in [0.2, 0.25) is 0 Å². The van der Waals surface area contributed by atoms with Gasteiger partial charge in [0.1, 0.15) is 0 Å². The number of hydrogen-bond donors (Lipinski definition) is 2. The van der Waals surface area contributed by atoms with Crippen LogP contribution in [0, 0.1) is 0 Å². The number of nitrogens with two attached hydrogens (primary N) is 1. The van der Waals surface area contributed by atoms with E-state index in [1.54, 1.807) is 6.26 Å². The predicted molar refractivity (Wildman–Crippen MR) is 55.3 cm³/mol. The normalized spacial score (nSPS) is 15.0. The van der Waals surface area contributed by atoms with E-state index >= 15 is 0 Å². The molecule has 7 heteroatoms. The smallest absolute Gasteiger partial charge is 0.317 e. The highest BCUT2D eigenvalue weighted by atomic mass is 32.2. The van der Waals surface area contributed by atoms with E-state index in [9.17, 15) is 4.21 Å². The SMILES string of the molecule is CC(CCS(C)=O)Nc1nnc(N)o1. The molecule has 1 aromatic rings. The van der Waals surface area contributed by atoms with Gasteiger partial charge in [0.05, 0.1) is 0 Å². The van der Waals surface area contributed by atoms with Crippen LogP contribution in [-0.4, -0.2) is 32.5 Å². The van der Waals surface area contributed by atoms with Gasteiger partial charge in [-0.25, -0.2) is 0 Å². The first kappa shape index (κ1) is 11.0. The fourth-order valence-corrected chi connectivity index (χ4v) is 1.60. The Kier molecular flexibility index (Phi) is 3.87. The minimum absolute atomic E-state index is 0.0405. The molecule has 3 N–H and O–H groups in total. The first-order valence-electron chi connectivity index (χ1n) is 4.23. The lowest BCUT2D eigenvalue weighted by molar-refractivity contribution is 0.572. The van der Waals surface area contributed by atoms with Crippen LogP contribution in [0.1, 0.15) is 13.3 Å². The van der Waals surface area contributed by atoms with Crippen LogP contribution in [0.25, 0.3) is 0 Å². The maximum atomic E-state index is 10.8. The third-order valence-electron chi connectivity index (χ3n) is 1.65. The standard InChI is InChI=1S/C7H14N4O2S/c1-5(3-4-14(2)12)9-7-11-10-6(8)13-7/h5H,3-4H2,1-2H3,(H2,8,10)(H,9,11). The number of nitrogen functional groups attached to an aromatic ring is 1. The van der Waals surface area contributed by atoms with E-state index in [-0.39, 0.29) is 12.1 Å². The lowest BCUT2D eigenvalue weighted by Crippen LogP contribution is -2.18. The maximum Gasteiger partial charge on any atom is 0.317 e. The average Bonchev–Trinajstić information content (AvgIpc) is 2.48. The zero-order valence-corrected chi connectivity index (χ0v) is 9.00. The molecule has 0 saturated carbocycles. The first-order valence-corrected chi connectivity index (χ1v) is 5.96. The Morgan fingerprint density at radius 1 is 1.64 bits per heavy atom. The summed E-state index contributed by atoms with van der Waals surface area (Å²) in [5.41, 5.74) is 5.25. The summed E-state index contributed by atoms with van der Waals surface area (Å²) < 4.78 is 15.7. The van der Waals surface area contributed by atoms with Crippen molar-refractivity contribution in [3.05, 3.63) is 0 Å². The van der Waals surface area contributed by atoms with E-state index in [4.69, 9.17) is 10.2 Å². The second-order valence-corrected chi connectivity index (χ2v) is 4.61. The molecule has 0 fully saturated rings. The van der Waals surface area contributed by atoms with Gasteiger partial charge >= 0.3 is 12.0 Å². The summed E-state index contributed by atoms with van der Waals surface area (Å²) in [5, 5.41) is 10.1. The number of nitrogens with zero attached hydrogens (tertiary/aromatic N) is 2. The van der Waals surface area contributed by atoms with Crippen LogP contribution in [-0.2, 0) is 10.8 Å². The van der Waals surface area contributed by atoms with Crippen molar-refractivity contribution in [1.29, 1.82) is 0 Å². The monoisotopic (exact) mass is 218 g/mol. The number of nitrogens with one attached hydrogen (secondary N) is 1. The van der Waals surface area contributed by atoms with Crippen LogP contribution < -0.4 is 11.1 Å². The summed E-state index contributed by atoms with van der Waals surface area (Å²) in [5.74, 6) is 0.651. The second-order valence-electron chi connectivity index (χ2n) is 3.06. The molecule has 14 heavy (non-hydrogen) atoms. The summed E-state index contributed by atoms with van der Waals surface area (Å²) in [6.45, 7) is 1.95. The van der Waals surface area contributed by atoms with Gasteiger partial charge in [0.25, 0.3) is 0 Å². The number of aromatic nitrogens is 2. The topological polar surface area (TPSA) is 94.0 Å². The second kappa shape index (κ2) is 4.94. The largest absolute Gasteiger partial charge is 0.390 e. The van der Waals surface area contributed by atoms with Gasteiger partial charge in [0, 0.05) is 28.9 Å². The molecule has 6 nitrogen and oxygen atoms in total. The minimum atomic E-state index is -0.770. The molecule has 1 aromatic heterocycles. The van der Waals surface area contributed by atoms with Gasteiger partial charge in [0.15, 0.2) is 0 Å². The van der Waals surface area contributed by atoms with Crippen molar-refractivity contribution in [3.8, 4) is 0 Å². The third kappa shape index (κ3) is 3.73. The molecular formula is C7H14N4O2S. The number of hydrogen-bond acceptors (Lipinski definition) is 6. The van der Waals surface area contributed by atoms with Crippen molar-refractivity contribution in [2.45, 2.75) is 19.4 Å². The summed E-state index contributed by atoms with van der Waals surface area (Å²) in [7, 11) is -0.770. The molecule has 0 bridgehead atoms. The maximum absolute atomic E-state index is 10.8. The molecule has 80 valence electrons. The lowest BCUT2D eigenvalue weighted by Gasteiger charge is -2.09. The van der Waals surface area contributed by atoms with Crippen molar-refractivity contribution >= 4 is 22.8 Å². The Hall–Kier alpha value is -1.11. The summed E-state index contributed by atoms with van der Waals surface area (Å²) in [4.78, 5) is 0. The van der Waals surface area contributed by atoms with Crippen molar-refractivity contribution < 1.29 is 8.63 Å². The zero-order chi connectivity index (χ0) is 10.6. The van der Waals surface area contributed by atoms with Gasteiger partial charge in [-0.3, -0.25) is 4.21 Å². The molecule has 0 aliphatic heterocycles. The minimum Gasteiger partial charge on any atom is -0.390 e. The van der Waals surface area contributed by atoms with Crippen molar-refractivity contribution in [3.63, 3.8) is 0 Å². The summed E-state index contributed by atoms with van der Waals surface area (Å²) >= 11 is 0. The first-order chi connectivity index (χ1) is 6.58. The Labute approximate surface area is 84.7 Å². The third-order valence-corrected chi connectivity index (χ3v) is 2.46. The molecule has 1 rings (SSSR count). The molecule has 2 unspecified atom stereocenters. The van der Waals surface area contributed by atoms with Crippen molar-refractivity contribution in [2.75, 3.05) is 23.1 Å². The highest BCUT2D eigenvalue weighted by molar-refractivity contribution is 7.84. The van der Waals surface area contributed by atoms with Crippen LogP contribution in [0.15, 0.2) is 4.42 Å². The van der Waals surface area contributed by atoms with E-state index in [0.29, 0.717) is 11.8 Å². The van der Waals surface area contributed by atoms with Crippen LogP contribution >= 0.6 is 0 Å². The van der Waals surface area contributed by atoms with E-state index in [0.717, 1.165) is 6.42 Å². The number of anilines is 2. The lowest BCUT2D eigenvalue weighted by atomic mass is 10.3. The fourth-order valence-electron chi connectivity index (χ4n) is 0.919. The molecule has 1 heterocycles. The zero-order valence-electron chi connectivity index (χ0n) is 8.19. The molecule has 2 atom stereocenters. The molecule has 0 aliphatic rings. The van der Waals surface area contributed by atoms with E-state index in [1.165, 1.54) is 0 Å². The highest BCUT2D eigenvalue weighted by Crippen LogP contribution is 2.08. The Bertz CT molecular complexity index is 314. The average molecular weight is 218 g/mol. The molecule has 0 radical (unpaired) electrons. The van der Waals surface area contributed by atoms with Gasteiger partial charge in [-0.1, -0.05) is 10.2 Å². The molecule has 0 saturated heterocycles. The van der Waals surface area contributed by atoms with Gasteiger partial charge in [-0.05, 0) is 13.3 Å². The quantitative estimate of drug-likeness (QED) is 0.734. The predicted octanol–water partition coefficient (Wildman–Crippen LogP) is 0.221. The molecule has 0 amide bonds. The molecule has 0 aromatic carbocycles. The van der Waals surface area contributed by atoms with Crippen molar-refractivity contribution in [2.24, 2.45) is 0 Å². The van der Waals surface area contributed by atoms with Crippen LogP contribution in [0.4, 0.5) is 12.0 Å². The van der Waals surface area contributed by atoms with Crippen LogP contribution in [0.3, 0.4) is 0 Å². The van der Waals surface area contributed by atoms with E-state index in [1.807, 2.05) is 6.92 Å². The molecular weight excluding hydrogens is 204 g/mol. The van der Waals surface area contributed by atoms with Crippen LogP contribution in [0.2, 0.25) is 0 Å². The van der Waals surface area contributed by atoms with Crippen molar-refractivity contribution in [1.82, 2.24) is 10.2 Å².